The van der Waals surface area contributed by atoms with Crippen LogP contribution in [-0.2, 0) is 19.3 Å². The molecule has 0 aliphatic heterocycles. The summed E-state index contributed by atoms with van der Waals surface area (Å²) in [6, 6.07) is 12.7. The molecule has 0 spiro atoms. The van der Waals surface area contributed by atoms with Gasteiger partial charge in [0.1, 0.15) is 11.6 Å². The highest BCUT2D eigenvalue weighted by molar-refractivity contribution is 5.66. The first kappa shape index (κ1) is 21.6. The van der Waals surface area contributed by atoms with E-state index in [1.165, 1.54) is 12.1 Å². The number of hydrogen-bond acceptors (Lipinski definition) is 0. The maximum atomic E-state index is 15.2. The highest BCUT2D eigenvalue weighted by Gasteiger charge is 2.27. The van der Waals surface area contributed by atoms with Crippen molar-refractivity contribution in [3.63, 3.8) is 0 Å². The lowest BCUT2D eigenvalue weighted by Crippen LogP contribution is -2.16. The van der Waals surface area contributed by atoms with Crippen LogP contribution >= 0.6 is 0 Å². The predicted molar refractivity (Wildman–Crippen MR) is 116 cm³/mol. The summed E-state index contributed by atoms with van der Waals surface area (Å²) in [7, 11) is 0. The Labute approximate surface area is 180 Å². The Bertz CT molecular complexity index is 1070. The van der Waals surface area contributed by atoms with Gasteiger partial charge in [-0.05, 0) is 78.0 Å². The minimum absolute atomic E-state index is 0.178. The van der Waals surface area contributed by atoms with Crippen molar-refractivity contribution in [2.75, 3.05) is 0 Å². The largest absolute Gasteiger partial charge is 0.207 e. The second kappa shape index (κ2) is 9.25. The van der Waals surface area contributed by atoms with E-state index >= 15 is 4.39 Å². The van der Waals surface area contributed by atoms with Gasteiger partial charge in [-0.3, -0.25) is 0 Å². The molecular formula is C27H26F4. The van der Waals surface area contributed by atoms with Gasteiger partial charge in [0.2, 0.25) is 0 Å². The molecule has 162 valence electrons. The third-order valence-electron chi connectivity index (χ3n) is 6.39. The van der Waals surface area contributed by atoms with Crippen molar-refractivity contribution < 1.29 is 17.6 Å². The molecule has 3 aromatic rings. The molecule has 0 fully saturated rings. The van der Waals surface area contributed by atoms with Crippen LogP contribution in [0.2, 0.25) is 0 Å². The van der Waals surface area contributed by atoms with Crippen LogP contribution in [0.5, 0.6) is 0 Å². The van der Waals surface area contributed by atoms with E-state index in [0.29, 0.717) is 53.5 Å². The molecule has 0 N–H and O–H groups in total. The Balaban J connectivity index is 1.57. The Morgan fingerprint density at radius 3 is 2.32 bits per heavy atom. The summed E-state index contributed by atoms with van der Waals surface area (Å²) >= 11 is 0. The molecule has 0 radical (unpaired) electrons. The number of hydrogen-bond donors (Lipinski definition) is 0. The zero-order valence-corrected chi connectivity index (χ0v) is 17.7. The fourth-order valence-corrected chi connectivity index (χ4v) is 4.60. The Kier molecular flexibility index (Phi) is 6.45. The fourth-order valence-electron chi connectivity index (χ4n) is 4.60. The van der Waals surface area contributed by atoms with Gasteiger partial charge < -0.3 is 0 Å². The van der Waals surface area contributed by atoms with E-state index in [1.807, 2.05) is 6.07 Å². The van der Waals surface area contributed by atoms with Crippen molar-refractivity contribution in [3.8, 4) is 11.1 Å². The van der Waals surface area contributed by atoms with Crippen molar-refractivity contribution in [1.29, 1.82) is 0 Å². The van der Waals surface area contributed by atoms with Gasteiger partial charge >= 0.3 is 0 Å². The normalized spacial score (nSPS) is 15.7. The molecule has 0 nitrogen and oxygen atoms in total. The molecule has 0 heterocycles. The van der Waals surface area contributed by atoms with Gasteiger partial charge in [0, 0.05) is 5.56 Å². The van der Waals surface area contributed by atoms with Crippen LogP contribution in [0.3, 0.4) is 0 Å². The predicted octanol–water partition coefficient (Wildman–Crippen LogP) is 7.92. The number of rotatable bonds is 6. The van der Waals surface area contributed by atoms with Gasteiger partial charge in [0.05, 0.1) is 0 Å². The second-order valence-electron chi connectivity index (χ2n) is 8.41. The van der Waals surface area contributed by atoms with Crippen LogP contribution in [0.1, 0.15) is 60.8 Å². The molecule has 0 aromatic heterocycles. The molecule has 4 heteroatoms. The van der Waals surface area contributed by atoms with E-state index in [4.69, 9.17) is 0 Å². The van der Waals surface area contributed by atoms with Crippen molar-refractivity contribution in [1.82, 2.24) is 0 Å². The Morgan fingerprint density at radius 2 is 1.58 bits per heavy atom. The topological polar surface area (TPSA) is 0 Å². The summed E-state index contributed by atoms with van der Waals surface area (Å²) in [5, 5.41) is 0. The van der Waals surface area contributed by atoms with E-state index < -0.39 is 11.6 Å². The van der Waals surface area contributed by atoms with E-state index in [9.17, 15) is 13.2 Å². The summed E-state index contributed by atoms with van der Waals surface area (Å²) in [5.74, 6) is -2.35. The fraction of sp³-hybridized carbons (Fsp3) is 0.333. The molecule has 31 heavy (non-hydrogen) atoms. The summed E-state index contributed by atoms with van der Waals surface area (Å²) in [6.45, 7) is 2.08. The Morgan fingerprint density at radius 1 is 0.806 bits per heavy atom. The summed E-state index contributed by atoms with van der Waals surface area (Å²) in [6.07, 6.45) is 4.90. The summed E-state index contributed by atoms with van der Waals surface area (Å²) < 4.78 is 57.8. The quantitative estimate of drug-likeness (QED) is 0.277. The third kappa shape index (κ3) is 4.39. The van der Waals surface area contributed by atoms with E-state index in [2.05, 4.69) is 6.92 Å². The molecule has 1 unspecified atom stereocenters. The monoisotopic (exact) mass is 426 g/mol. The highest BCUT2D eigenvalue weighted by atomic mass is 19.2. The Hall–Kier alpha value is -2.62. The minimum atomic E-state index is -0.758. The summed E-state index contributed by atoms with van der Waals surface area (Å²) in [4.78, 5) is 0. The van der Waals surface area contributed by atoms with Crippen LogP contribution in [0.15, 0.2) is 48.5 Å². The summed E-state index contributed by atoms with van der Waals surface area (Å²) in [5.41, 5.74) is 3.31. The molecule has 0 saturated heterocycles. The average Bonchev–Trinajstić information content (AvgIpc) is 2.78. The first-order chi connectivity index (χ1) is 15.0. The van der Waals surface area contributed by atoms with E-state index in [0.717, 1.165) is 24.8 Å². The molecule has 0 saturated carbocycles. The molecule has 0 amide bonds. The second-order valence-corrected chi connectivity index (χ2v) is 8.41. The van der Waals surface area contributed by atoms with Crippen molar-refractivity contribution in [2.45, 2.75) is 57.8 Å². The smallest absolute Gasteiger partial charge is 0.162 e. The van der Waals surface area contributed by atoms with Gasteiger partial charge in [0.25, 0.3) is 0 Å². The van der Waals surface area contributed by atoms with Crippen molar-refractivity contribution in [2.24, 2.45) is 0 Å². The number of halogens is 4. The van der Waals surface area contributed by atoms with Crippen molar-refractivity contribution >= 4 is 0 Å². The maximum Gasteiger partial charge on any atom is 0.162 e. The van der Waals surface area contributed by atoms with Crippen LogP contribution in [-0.4, -0.2) is 0 Å². The standard InChI is InChI=1S/C27H26F4/c1-2-3-4-5-18-8-13-24(27(31)25(18)29)20-10-15-23-19(16-20)9-14-22(26(23)30)17-6-11-21(28)12-7-17/h6-9,11-14,20H,2-5,10,15-16H2,1H3. The number of unbranched alkanes of at least 4 members (excludes halogenated alkanes) is 2. The lowest BCUT2D eigenvalue weighted by molar-refractivity contribution is 0.463. The van der Waals surface area contributed by atoms with Crippen LogP contribution in [0.4, 0.5) is 17.6 Å². The zero-order chi connectivity index (χ0) is 22.0. The third-order valence-corrected chi connectivity index (χ3v) is 6.39. The first-order valence-corrected chi connectivity index (χ1v) is 11.0. The highest BCUT2D eigenvalue weighted by Crippen LogP contribution is 2.38. The van der Waals surface area contributed by atoms with E-state index in [1.54, 1.807) is 30.3 Å². The molecule has 4 rings (SSSR count). The number of aryl methyl sites for hydroxylation is 1. The lowest BCUT2D eigenvalue weighted by Gasteiger charge is -2.27. The minimum Gasteiger partial charge on any atom is -0.207 e. The van der Waals surface area contributed by atoms with Gasteiger partial charge in [-0.25, -0.2) is 17.6 Å². The van der Waals surface area contributed by atoms with Crippen LogP contribution < -0.4 is 0 Å². The van der Waals surface area contributed by atoms with Crippen LogP contribution in [0, 0.1) is 23.3 Å². The SMILES string of the molecule is CCCCCc1ccc(C2CCc3c(ccc(-c4ccc(F)cc4)c3F)C2)c(F)c1F. The van der Waals surface area contributed by atoms with E-state index in [-0.39, 0.29) is 17.6 Å². The number of benzene rings is 3. The maximum absolute atomic E-state index is 15.2. The molecular weight excluding hydrogens is 400 g/mol. The van der Waals surface area contributed by atoms with Crippen molar-refractivity contribution in [3.05, 3.63) is 94.1 Å². The zero-order valence-electron chi connectivity index (χ0n) is 17.7. The molecule has 1 atom stereocenters. The first-order valence-electron chi connectivity index (χ1n) is 11.0. The van der Waals surface area contributed by atoms with Gasteiger partial charge in [-0.1, -0.05) is 56.2 Å². The lowest BCUT2D eigenvalue weighted by atomic mass is 9.78. The van der Waals surface area contributed by atoms with Gasteiger partial charge in [-0.15, -0.1) is 0 Å². The average molecular weight is 426 g/mol. The molecule has 3 aromatic carbocycles. The molecule has 1 aliphatic carbocycles. The molecule has 0 bridgehead atoms. The van der Waals surface area contributed by atoms with Crippen LogP contribution in [0.25, 0.3) is 11.1 Å². The van der Waals surface area contributed by atoms with Gasteiger partial charge in [0.15, 0.2) is 11.6 Å². The molecule has 1 aliphatic rings. The number of fused-ring (bicyclic) bond motifs is 1. The van der Waals surface area contributed by atoms with Gasteiger partial charge in [-0.2, -0.15) is 0 Å².